The highest BCUT2D eigenvalue weighted by Gasteiger charge is 2.72. The second-order valence-electron chi connectivity index (χ2n) is 12.5. The number of rotatable bonds is 4. The lowest BCUT2D eigenvalue weighted by molar-refractivity contribution is -0.288. The molecule has 0 bridgehead atoms. The van der Waals surface area contributed by atoms with E-state index in [1.165, 1.54) is 70.5 Å². The smallest absolute Gasteiger partial charge is 0.169 e. The van der Waals surface area contributed by atoms with E-state index in [0.717, 1.165) is 24.3 Å². The van der Waals surface area contributed by atoms with Crippen LogP contribution in [0.25, 0.3) is 22.3 Å². The van der Waals surface area contributed by atoms with Gasteiger partial charge in [0.15, 0.2) is 0 Å². The second kappa shape index (κ2) is 13.4. The summed E-state index contributed by atoms with van der Waals surface area (Å²) in [5.74, 6) is 0. The van der Waals surface area contributed by atoms with Crippen LogP contribution in [0.3, 0.4) is 0 Å². The second-order valence-corrected chi connectivity index (χ2v) is 12.5. The summed E-state index contributed by atoms with van der Waals surface area (Å²) in [5.41, 5.74) is 6.78. The van der Waals surface area contributed by atoms with Crippen molar-refractivity contribution < 1.29 is 26.3 Å². The maximum absolute atomic E-state index is 14.0. The number of benzene rings is 5. The summed E-state index contributed by atoms with van der Waals surface area (Å²) in [7, 11) is 0. The number of hydrogen-bond donors (Lipinski definition) is 0. The first kappa shape index (κ1) is 35.5. The molecule has 5 aromatic carbocycles. The van der Waals surface area contributed by atoms with Crippen LogP contribution in [-0.2, 0) is 5.41 Å². The van der Waals surface area contributed by atoms with Crippen molar-refractivity contribution in [2.75, 3.05) is 0 Å². The van der Waals surface area contributed by atoms with Crippen molar-refractivity contribution in [1.82, 2.24) is 0 Å². The van der Waals surface area contributed by atoms with Gasteiger partial charge in [0.2, 0.25) is 5.41 Å². The lowest BCUT2D eigenvalue weighted by Crippen LogP contribution is -2.54. The molecule has 0 aliphatic rings. The van der Waals surface area contributed by atoms with Crippen molar-refractivity contribution in [3.05, 3.63) is 153 Å². The minimum atomic E-state index is -5.55. The summed E-state index contributed by atoms with van der Waals surface area (Å²) in [6, 6.07) is 28.5. The van der Waals surface area contributed by atoms with Crippen molar-refractivity contribution in [2.45, 2.75) is 73.2 Å². The van der Waals surface area contributed by atoms with Crippen LogP contribution in [0.2, 0.25) is 0 Å². The molecule has 0 atom stereocenters. The molecule has 0 fully saturated rings. The summed E-state index contributed by atoms with van der Waals surface area (Å²) in [6.07, 6.45) is -11.1. The summed E-state index contributed by atoms with van der Waals surface area (Å²) in [5, 5.41) is 0. The number of halogens is 6. The zero-order valence-electron chi connectivity index (χ0n) is 28.0. The normalized spacial score (nSPS) is 12.0. The van der Waals surface area contributed by atoms with Crippen LogP contribution in [0.5, 0.6) is 0 Å². The van der Waals surface area contributed by atoms with Gasteiger partial charge in [-0.15, -0.1) is 0 Å². The molecule has 0 nitrogen and oxygen atoms in total. The fourth-order valence-electron chi connectivity index (χ4n) is 5.65. The Bertz CT molecular complexity index is 1760. The van der Waals surface area contributed by atoms with Crippen LogP contribution >= 0.6 is 0 Å². The standard InChI is InChI=1S/C22H22.C19H18F6/c1-15-8-10-21(12-17(15)3)19-6-5-7-20(14-19)22-11-9-16(2)18(4)13-22;1-11-5-7-15(9-13(11)3)17(18(20,21)22,19(23,24)25)16-8-6-12(2)14(4)10-16/h5-14H,1-4H3;5-10H,1-4H3. The van der Waals surface area contributed by atoms with Crippen LogP contribution in [-0.4, -0.2) is 12.4 Å². The Morgan fingerprint density at radius 2 is 0.617 bits per heavy atom. The van der Waals surface area contributed by atoms with Crippen molar-refractivity contribution in [3.63, 3.8) is 0 Å². The van der Waals surface area contributed by atoms with E-state index in [9.17, 15) is 26.3 Å². The fraction of sp³-hybridized carbons (Fsp3) is 0.268. The molecule has 0 aliphatic carbocycles. The van der Waals surface area contributed by atoms with Crippen molar-refractivity contribution in [2.24, 2.45) is 0 Å². The third kappa shape index (κ3) is 7.17. The van der Waals surface area contributed by atoms with E-state index in [0.29, 0.717) is 22.3 Å². The molecular formula is C41H40F6. The number of alkyl halides is 6. The van der Waals surface area contributed by atoms with E-state index in [1.807, 2.05) is 0 Å². The lowest BCUT2D eigenvalue weighted by Gasteiger charge is -2.38. The van der Waals surface area contributed by atoms with Gasteiger partial charge in [-0.2, -0.15) is 26.3 Å². The Kier molecular flexibility index (Phi) is 10.1. The third-order valence-corrected chi connectivity index (χ3v) is 9.27. The first-order chi connectivity index (χ1) is 21.9. The summed E-state index contributed by atoms with van der Waals surface area (Å²) in [4.78, 5) is 0. The van der Waals surface area contributed by atoms with E-state index >= 15 is 0 Å². The van der Waals surface area contributed by atoms with Gasteiger partial charge < -0.3 is 0 Å². The van der Waals surface area contributed by atoms with E-state index in [2.05, 4.69) is 88.4 Å². The molecule has 0 heterocycles. The topological polar surface area (TPSA) is 0 Å². The van der Waals surface area contributed by atoms with Crippen LogP contribution in [0.15, 0.2) is 97.1 Å². The fourth-order valence-corrected chi connectivity index (χ4v) is 5.65. The van der Waals surface area contributed by atoms with E-state index in [1.54, 1.807) is 13.8 Å². The first-order valence-corrected chi connectivity index (χ1v) is 15.4. The highest BCUT2D eigenvalue weighted by atomic mass is 19.4. The molecule has 0 saturated heterocycles. The molecule has 47 heavy (non-hydrogen) atoms. The molecule has 0 aliphatic heterocycles. The quantitative estimate of drug-likeness (QED) is 0.171. The summed E-state index contributed by atoms with van der Waals surface area (Å²) >= 11 is 0. The maximum atomic E-state index is 14.0. The van der Waals surface area contributed by atoms with Crippen molar-refractivity contribution in [3.8, 4) is 22.3 Å². The molecule has 0 amide bonds. The monoisotopic (exact) mass is 646 g/mol. The van der Waals surface area contributed by atoms with Crippen LogP contribution in [0.4, 0.5) is 26.3 Å². The van der Waals surface area contributed by atoms with Crippen molar-refractivity contribution in [1.29, 1.82) is 0 Å². The van der Waals surface area contributed by atoms with Gasteiger partial charge >= 0.3 is 12.4 Å². The zero-order chi connectivity index (χ0) is 34.9. The molecule has 246 valence electrons. The van der Waals surface area contributed by atoms with Gasteiger partial charge in [-0.05, 0) is 139 Å². The first-order valence-electron chi connectivity index (χ1n) is 15.4. The zero-order valence-corrected chi connectivity index (χ0v) is 28.0. The molecule has 0 N–H and O–H groups in total. The number of aryl methyl sites for hydroxylation is 8. The maximum Gasteiger partial charge on any atom is 0.411 e. The van der Waals surface area contributed by atoms with Gasteiger partial charge in [0.05, 0.1) is 0 Å². The Hall–Kier alpha value is -4.32. The molecule has 0 spiro atoms. The highest BCUT2D eigenvalue weighted by Crippen LogP contribution is 2.56. The van der Waals surface area contributed by atoms with Gasteiger partial charge in [-0.1, -0.05) is 91.0 Å². The van der Waals surface area contributed by atoms with Gasteiger partial charge in [-0.25, -0.2) is 0 Å². The molecule has 0 aromatic heterocycles. The highest BCUT2D eigenvalue weighted by molar-refractivity contribution is 5.74. The predicted octanol–water partition coefficient (Wildman–Crippen LogP) is 12.6. The van der Waals surface area contributed by atoms with E-state index < -0.39 is 28.9 Å². The Labute approximate surface area is 274 Å². The Morgan fingerprint density at radius 1 is 0.319 bits per heavy atom. The molecule has 5 aromatic rings. The van der Waals surface area contributed by atoms with Gasteiger partial charge in [-0.3, -0.25) is 0 Å². The van der Waals surface area contributed by atoms with Gasteiger partial charge in [0.1, 0.15) is 0 Å². The van der Waals surface area contributed by atoms with Crippen LogP contribution in [0.1, 0.15) is 55.6 Å². The Morgan fingerprint density at radius 3 is 0.915 bits per heavy atom. The summed E-state index contributed by atoms with van der Waals surface area (Å²) < 4.78 is 83.9. The minimum Gasteiger partial charge on any atom is -0.169 e. The van der Waals surface area contributed by atoms with Gasteiger partial charge in [0.25, 0.3) is 0 Å². The molecule has 0 unspecified atom stereocenters. The Balaban J connectivity index is 0.000000214. The largest absolute Gasteiger partial charge is 0.411 e. The lowest BCUT2D eigenvalue weighted by atomic mass is 9.71. The predicted molar refractivity (Wildman–Crippen MR) is 181 cm³/mol. The van der Waals surface area contributed by atoms with E-state index in [-0.39, 0.29) is 0 Å². The van der Waals surface area contributed by atoms with Crippen LogP contribution < -0.4 is 0 Å². The molecule has 5 rings (SSSR count). The summed E-state index contributed by atoms with van der Waals surface area (Å²) in [6.45, 7) is 14.9. The third-order valence-electron chi connectivity index (χ3n) is 9.27. The van der Waals surface area contributed by atoms with Crippen molar-refractivity contribution >= 4 is 0 Å². The van der Waals surface area contributed by atoms with Gasteiger partial charge in [0, 0.05) is 0 Å². The van der Waals surface area contributed by atoms with Crippen LogP contribution in [0, 0.1) is 55.4 Å². The molecule has 6 heteroatoms. The molecule has 0 radical (unpaired) electrons. The average Bonchev–Trinajstić information content (AvgIpc) is 2.99. The molecular weight excluding hydrogens is 606 g/mol. The molecule has 0 saturated carbocycles. The average molecular weight is 647 g/mol. The number of hydrogen-bond acceptors (Lipinski definition) is 0. The van der Waals surface area contributed by atoms with E-state index in [4.69, 9.17) is 0 Å². The minimum absolute atomic E-state index is 0.374. The SMILES string of the molecule is Cc1ccc(-c2cccc(-c3ccc(C)c(C)c3)c2)cc1C.Cc1ccc(C(c2ccc(C)c(C)c2)(C(F)(F)F)C(F)(F)F)cc1C.